The van der Waals surface area contributed by atoms with Crippen LogP contribution in [0.2, 0.25) is 0 Å². The predicted molar refractivity (Wildman–Crippen MR) is 86.7 cm³/mol. The van der Waals surface area contributed by atoms with Crippen LogP contribution in [0.4, 0.5) is 13.2 Å². The monoisotopic (exact) mass is 348 g/mol. The van der Waals surface area contributed by atoms with Crippen molar-refractivity contribution in [1.29, 1.82) is 0 Å². The average Bonchev–Trinajstić information content (AvgIpc) is 2.84. The minimum absolute atomic E-state index is 0.155. The molecule has 3 aromatic rings. The van der Waals surface area contributed by atoms with Crippen molar-refractivity contribution in [2.45, 2.75) is 26.6 Å². The summed E-state index contributed by atoms with van der Waals surface area (Å²) in [4.78, 5) is 11.1. The van der Waals surface area contributed by atoms with E-state index >= 15 is 0 Å². The quantitative estimate of drug-likeness (QED) is 0.762. The zero-order chi connectivity index (χ0) is 18.4. The molecule has 130 valence electrons. The zero-order valence-corrected chi connectivity index (χ0v) is 13.6. The van der Waals surface area contributed by atoms with E-state index in [0.717, 1.165) is 12.1 Å². The van der Waals surface area contributed by atoms with Gasteiger partial charge in [-0.3, -0.25) is 4.68 Å². The Labute approximate surface area is 141 Å². The van der Waals surface area contributed by atoms with Crippen molar-refractivity contribution < 1.29 is 23.1 Å². The molecule has 7 heteroatoms. The maximum Gasteiger partial charge on any atom is 0.416 e. The van der Waals surface area contributed by atoms with Crippen molar-refractivity contribution in [3.8, 4) is 0 Å². The Balaban J connectivity index is 2.06. The van der Waals surface area contributed by atoms with Gasteiger partial charge in [0.2, 0.25) is 0 Å². The number of carboxylic acid groups (broad SMARTS) is 1. The van der Waals surface area contributed by atoms with E-state index in [4.69, 9.17) is 5.11 Å². The number of nitrogens with zero attached hydrogens (tertiary/aromatic N) is 2. The molecule has 25 heavy (non-hydrogen) atoms. The van der Waals surface area contributed by atoms with Crippen molar-refractivity contribution in [2.75, 3.05) is 0 Å². The number of aromatic carboxylic acids is 1. The maximum absolute atomic E-state index is 13.0. The highest BCUT2D eigenvalue weighted by molar-refractivity contribution is 5.88. The first kappa shape index (κ1) is 17.0. The van der Waals surface area contributed by atoms with Crippen LogP contribution in [0.5, 0.6) is 0 Å². The van der Waals surface area contributed by atoms with Crippen LogP contribution < -0.4 is 0 Å². The van der Waals surface area contributed by atoms with Gasteiger partial charge in [-0.15, -0.1) is 0 Å². The van der Waals surface area contributed by atoms with Crippen molar-refractivity contribution in [1.82, 2.24) is 9.78 Å². The fourth-order valence-electron chi connectivity index (χ4n) is 2.82. The van der Waals surface area contributed by atoms with Crippen molar-refractivity contribution in [3.05, 3.63) is 64.3 Å². The molecule has 0 fully saturated rings. The number of aryl methyl sites for hydroxylation is 2. The Kier molecular flexibility index (Phi) is 4.02. The summed E-state index contributed by atoms with van der Waals surface area (Å²) in [6, 6.07) is 8.59. The smallest absolute Gasteiger partial charge is 0.416 e. The van der Waals surface area contributed by atoms with E-state index in [0.29, 0.717) is 27.7 Å². The Morgan fingerprint density at radius 2 is 1.92 bits per heavy atom. The van der Waals surface area contributed by atoms with Crippen molar-refractivity contribution in [2.24, 2.45) is 0 Å². The molecule has 0 saturated carbocycles. The van der Waals surface area contributed by atoms with Gasteiger partial charge in [-0.25, -0.2) is 4.79 Å². The van der Waals surface area contributed by atoms with Crippen LogP contribution in [0.25, 0.3) is 10.9 Å². The summed E-state index contributed by atoms with van der Waals surface area (Å²) in [7, 11) is 0. The lowest BCUT2D eigenvalue weighted by molar-refractivity contribution is -0.137. The van der Waals surface area contributed by atoms with Gasteiger partial charge in [0, 0.05) is 11.1 Å². The molecular formula is C18H15F3N2O2. The van der Waals surface area contributed by atoms with Crippen LogP contribution in [0, 0.1) is 13.8 Å². The first-order valence-electron chi connectivity index (χ1n) is 7.54. The van der Waals surface area contributed by atoms with Gasteiger partial charge in [-0.2, -0.15) is 18.3 Å². The van der Waals surface area contributed by atoms with Gasteiger partial charge in [0.05, 0.1) is 23.2 Å². The Morgan fingerprint density at radius 1 is 1.20 bits per heavy atom. The molecule has 0 atom stereocenters. The molecule has 0 aliphatic rings. The number of halogens is 3. The third kappa shape index (κ3) is 3.22. The van der Waals surface area contributed by atoms with Gasteiger partial charge < -0.3 is 5.11 Å². The summed E-state index contributed by atoms with van der Waals surface area (Å²) in [5.74, 6) is -1.03. The fourth-order valence-corrected chi connectivity index (χ4v) is 2.82. The summed E-state index contributed by atoms with van der Waals surface area (Å²) in [6.45, 7) is 3.58. The van der Waals surface area contributed by atoms with E-state index in [9.17, 15) is 18.0 Å². The van der Waals surface area contributed by atoms with E-state index in [2.05, 4.69) is 5.10 Å². The summed E-state index contributed by atoms with van der Waals surface area (Å²) >= 11 is 0. The molecule has 0 spiro atoms. The molecule has 3 rings (SSSR count). The van der Waals surface area contributed by atoms with Crippen molar-refractivity contribution in [3.63, 3.8) is 0 Å². The topological polar surface area (TPSA) is 55.1 Å². The second-order valence-electron chi connectivity index (χ2n) is 5.94. The second-order valence-corrected chi connectivity index (χ2v) is 5.94. The Morgan fingerprint density at radius 3 is 2.56 bits per heavy atom. The highest BCUT2D eigenvalue weighted by Gasteiger charge is 2.31. The number of aromatic nitrogens is 2. The minimum atomic E-state index is -4.41. The zero-order valence-electron chi connectivity index (χ0n) is 13.6. The summed E-state index contributed by atoms with van der Waals surface area (Å²) < 4.78 is 40.7. The van der Waals surface area contributed by atoms with Crippen LogP contribution >= 0.6 is 0 Å². The summed E-state index contributed by atoms with van der Waals surface area (Å²) in [5, 5.41) is 13.9. The highest BCUT2D eigenvalue weighted by Crippen LogP contribution is 2.34. The molecule has 0 saturated heterocycles. The lowest BCUT2D eigenvalue weighted by atomic mass is 10.1. The summed E-state index contributed by atoms with van der Waals surface area (Å²) in [5.41, 5.74) is 1.73. The van der Waals surface area contributed by atoms with E-state index in [1.165, 1.54) is 12.1 Å². The number of rotatable bonds is 3. The van der Waals surface area contributed by atoms with E-state index in [1.807, 2.05) is 0 Å². The van der Waals surface area contributed by atoms with Gasteiger partial charge in [0.15, 0.2) is 0 Å². The number of fused-ring (bicyclic) bond motifs is 1. The van der Waals surface area contributed by atoms with Gasteiger partial charge in [0.25, 0.3) is 0 Å². The molecule has 0 aliphatic carbocycles. The summed E-state index contributed by atoms with van der Waals surface area (Å²) in [6.07, 6.45) is -4.41. The number of alkyl halides is 3. The minimum Gasteiger partial charge on any atom is -0.478 e. The maximum atomic E-state index is 13.0. The lowest BCUT2D eigenvalue weighted by Crippen LogP contribution is -2.05. The van der Waals surface area contributed by atoms with Crippen LogP contribution in [0.3, 0.4) is 0 Å². The van der Waals surface area contributed by atoms with Gasteiger partial charge >= 0.3 is 12.1 Å². The van der Waals surface area contributed by atoms with E-state index < -0.39 is 17.7 Å². The Hall–Kier alpha value is -2.83. The first-order valence-corrected chi connectivity index (χ1v) is 7.54. The number of carbonyl (C=O) groups is 1. The lowest BCUT2D eigenvalue weighted by Gasteiger charge is -2.08. The third-order valence-electron chi connectivity index (χ3n) is 4.13. The van der Waals surface area contributed by atoms with Crippen LogP contribution in [-0.4, -0.2) is 20.9 Å². The van der Waals surface area contributed by atoms with Crippen molar-refractivity contribution >= 4 is 16.9 Å². The van der Waals surface area contributed by atoms with Gasteiger partial charge in [0.1, 0.15) is 0 Å². The molecule has 0 amide bonds. The largest absolute Gasteiger partial charge is 0.478 e. The second kappa shape index (κ2) is 5.91. The molecule has 0 unspecified atom stereocenters. The molecule has 1 aromatic heterocycles. The first-order chi connectivity index (χ1) is 11.7. The van der Waals surface area contributed by atoms with Crippen LogP contribution in [-0.2, 0) is 12.7 Å². The SMILES string of the molecule is Cc1cc(C(F)(F)F)cc2c(C)n(Cc3cccc(C(=O)O)c3)nc12. The highest BCUT2D eigenvalue weighted by atomic mass is 19.4. The van der Waals surface area contributed by atoms with Gasteiger partial charge in [-0.1, -0.05) is 12.1 Å². The molecule has 0 bridgehead atoms. The number of hydrogen-bond donors (Lipinski definition) is 1. The van der Waals surface area contributed by atoms with Crippen LogP contribution in [0.1, 0.15) is 32.7 Å². The Bertz CT molecular complexity index is 974. The molecule has 1 heterocycles. The molecular weight excluding hydrogens is 333 g/mol. The predicted octanol–water partition coefficient (Wildman–Crippen LogP) is 4.42. The molecule has 0 radical (unpaired) electrons. The molecule has 2 aromatic carbocycles. The molecule has 0 aliphatic heterocycles. The average molecular weight is 348 g/mol. The standard InChI is InChI=1S/C18H15F3N2O2/c1-10-6-14(18(19,20)21)8-15-11(2)23(22-16(10)15)9-12-4-3-5-13(7-12)17(24)25/h3-8H,9H2,1-2H3,(H,24,25). The number of benzene rings is 2. The third-order valence-corrected chi connectivity index (χ3v) is 4.13. The molecule has 4 nitrogen and oxygen atoms in total. The fraction of sp³-hybridized carbons (Fsp3) is 0.222. The van der Waals surface area contributed by atoms with Crippen LogP contribution in [0.15, 0.2) is 36.4 Å². The van der Waals surface area contributed by atoms with Gasteiger partial charge in [-0.05, 0) is 49.2 Å². The number of hydrogen-bond acceptors (Lipinski definition) is 2. The molecule has 1 N–H and O–H groups in total. The van der Waals surface area contributed by atoms with E-state index in [1.54, 1.807) is 30.7 Å². The normalized spacial score (nSPS) is 11.9. The number of carboxylic acids is 1. The van der Waals surface area contributed by atoms with E-state index in [-0.39, 0.29) is 12.1 Å².